The number of rotatable bonds is 6. The van der Waals surface area contributed by atoms with Crippen molar-refractivity contribution in [1.82, 2.24) is 9.88 Å². The second kappa shape index (κ2) is 7.46. The summed E-state index contributed by atoms with van der Waals surface area (Å²) in [4.78, 5) is 9.38. The Morgan fingerprint density at radius 2 is 2.11 bits per heavy atom. The van der Waals surface area contributed by atoms with Gasteiger partial charge in [-0.05, 0) is 25.3 Å². The number of nitrogens with zero attached hydrogens (tertiary/aromatic N) is 3. The van der Waals surface area contributed by atoms with E-state index < -0.39 is 0 Å². The van der Waals surface area contributed by atoms with Gasteiger partial charge in [0.1, 0.15) is 0 Å². The number of alkyl halides is 1. The SMILES string of the molecule is CC(CCBr)CCN1CCN(c2nccs2)CC1. The van der Waals surface area contributed by atoms with E-state index in [-0.39, 0.29) is 0 Å². The number of halogens is 1. The van der Waals surface area contributed by atoms with Crippen LogP contribution in [0.5, 0.6) is 0 Å². The van der Waals surface area contributed by atoms with E-state index in [4.69, 9.17) is 0 Å². The molecule has 2 rings (SSSR count). The second-order valence-corrected chi connectivity index (χ2v) is 6.68. The number of hydrogen-bond donors (Lipinski definition) is 0. The van der Waals surface area contributed by atoms with Gasteiger partial charge in [-0.15, -0.1) is 11.3 Å². The molecule has 2 heterocycles. The number of hydrogen-bond acceptors (Lipinski definition) is 4. The van der Waals surface area contributed by atoms with Gasteiger partial charge in [0, 0.05) is 43.1 Å². The Kier molecular flexibility index (Phi) is 5.92. The zero-order chi connectivity index (χ0) is 12.8. The highest BCUT2D eigenvalue weighted by Gasteiger charge is 2.18. The van der Waals surface area contributed by atoms with Crippen molar-refractivity contribution in [2.24, 2.45) is 5.92 Å². The Hall–Kier alpha value is -0.130. The lowest BCUT2D eigenvalue weighted by Gasteiger charge is -2.35. The zero-order valence-corrected chi connectivity index (χ0v) is 13.4. The lowest BCUT2D eigenvalue weighted by atomic mass is 10.0. The molecule has 1 aromatic heterocycles. The van der Waals surface area contributed by atoms with Crippen molar-refractivity contribution >= 4 is 32.4 Å². The summed E-state index contributed by atoms with van der Waals surface area (Å²) in [6, 6.07) is 0. The van der Waals surface area contributed by atoms with Crippen LogP contribution in [0.3, 0.4) is 0 Å². The quantitative estimate of drug-likeness (QED) is 0.747. The van der Waals surface area contributed by atoms with Gasteiger partial charge in [0.15, 0.2) is 5.13 Å². The molecule has 102 valence electrons. The van der Waals surface area contributed by atoms with Gasteiger partial charge in [0.25, 0.3) is 0 Å². The molecule has 3 nitrogen and oxygen atoms in total. The summed E-state index contributed by atoms with van der Waals surface area (Å²) < 4.78 is 0. The highest BCUT2D eigenvalue weighted by molar-refractivity contribution is 9.09. The van der Waals surface area contributed by atoms with Crippen LogP contribution in [0.15, 0.2) is 11.6 Å². The van der Waals surface area contributed by atoms with Crippen LogP contribution in [0.25, 0.3) is 0 Å². The summed E-state index contributed by atoms with van der Waals surface area (Å²) in [7, 11) is 0. The Morgan fingerprint density at radius 1 is 1.33 bits per heavy atom. The normalized spacial score (nSPS) is 19.1. The van der Waals surface area contributed by atoms with Gasteiger partial charge in [-0.1, -0.05) is 22.9 Å². The summed E-state index contributed by atoms with van der Waals surface area (Å²) in [5.74, 6) is 0.835. The molecule has 0 N–H and O–H groups in total. The average molecular weight is 332 g/mol. The van der Waals surface area contributed by atoms with Crippen LogP contribution < -0.4 is 4.90 Å². The molecule has 0 bridgehead atoms. The van der Waals surface area contributed by atoms with E-state index in [0.29, 0.717) is 0 Å². The van der Waals surface area contributed by atoms with Gasteiger partial charge < -0.3 is 4.90 Å². The summed E-state index contributed by atoms with van der Waals surface area (Å²) in [5, 5.41) is 4.37. The molecule has 1 aliphatic rings. The van der Waals surface area contributed by atoms with E-state index in [1.165, 1.54) is 37.6 Å². The van der Waals surface area contributed by atoms with E-state index in [1.807, 2.05) is 6.20 Å². The van der Waals surface area contributed by atoms with Crippen molar-refractivity contribution in [3.05, 3.63) is 11.6 Å². The van der Waals surface area contributed by atoms with Gasteiger partial charge in [-0.2, -0.15) is 0 Å². The van der Waals surface area contributed by atoms with Crippen LogP contribution >= 0.6 is 27.3 Å². The predicted molar refractivity (Wildman–Crippen MR) is 83.0 cm³/mol. The van der Waals surface area contributed by atoms with Gasteiger partial charge >= 0.3 is 0 Å². The smallest absolute Gasteiger partial charge is 0.185 e. The van der Waals surface area contributed by atoms with Gasteiger partial charge in [-0.25, -0.2) is 4.98 Å². The molecule has 0 aromatic carbocycles. The maximum Gasteiger partial charge on any atom is 0.185 e. The topological polar surface area (TPSA) is 19.4 Å². The van der Waals surface area contributed by atoms with E-state index in [1.54, 1.807) is 11.3 Å². The molecule has 1 fully saturated rings. The predicted octanol–water partition coefficient (Wildman–Crippen LogP) is 3.08. The second-order valence-electron chi connectivity index (χ2n) is 5.01. The molecule has 1 saturated heterocycles. The minimum absolute atomic E-state index is 0.835. The molecule has 0 saturated carbocycles. The van der Waals surface area contributed by atoms with Crippen LogP contribution in [-0.2, 0) is 0 Å². The molecule has 0 spiro atoms. The minimum Gasteiger partial charge on any atom is -0.346 e. The maximum atomic E-state index is 4.38. The third-order valence-corrected chi connectivity index (χ3v) is 4.89. The molecular weight excluding hydrogens is 310 g/mol. The third kappa shape index (κ3) is 4.21. The van der Waals surface area contributed by atoms with Gasteiger partial charge in [0.05, 0.1) is 0 Å². The van der Waals surface area contributed by atoms with E-state index in [0.717, 1.165) is 24.3 Å². The molecule has 0 aliphatic carbocycles. The molecule has 1 atom stereocenters. The fourth-order valence-corrected chi connectivity index (χ4v) is 3.75. The van der Waals surface area contributed by atoms with Crippen molar-refractivity contribution < 1.29 is 0 Å². The first kappa shape index (κ1) is 14.3. The van der Waals surface area contributed by atoms with Gasteiger partial charge in [-0.3, -0.25) is 4.90 Å². The highest BCUT2D eigenvalue weighted by atomic mass is 79.9. The Labute approximate surface area is 122 Å². The maximum absolute atomic E-state index is 4.38. The summed E-state index contributed by atoms with van der Waals surface area (Å²) in [5.41, 5.74) is 0. The van der Waals surface area contributed by atoms with Crippen LogP contribution in [0, 0.1) is 5.92 Å². The standard InChI is InChI=1S/C13H22BrN3S/c1-12(2-4-14)3-6-16-7-9-17(10-8-16)13-15-5-11-18-13/h5,11-12H,2-4,6-10H2,1H3. The Morgan fingerprint density at radius 3 is 2.72 bits per heavy atom. The molecule has 18 heavy (non-hydrogen) atoms. The molecule has 5 heteroatoms. The molecule has 1 aliphatic heterocycles. The fourth-order valence-electron chi connectivity index (χ4n) is 2.27. The average Bonchev–Trinajstić information content (AvgIpc) is 2.91. The Balaban J connectivity index is 1.67. The molecule has 0 radical (unpaired) electrons. The van der Waals surface area contributed by atoms with Crippen LogP contribution in [-0.4, -0.2) is 47.9 Å². The number of aromatic nitrogens is 1. The van der Waals surface area contributed by atoms with Gasteiger partial charge in [0.2, 0.25) is 0 Å². The molecule has 1 aromatic rings. The van der Waals surface area contributed by atoms with E-state index in [9.17, 15) is 0 Å². The van der Waals surface area contributed by atoms with Crippen molar-refractivity contribution in [2.75, 3.05) is 43.0 Å². The highest BCUT2D eigenvalue weighted by Crippen LogP contribution is 2.19. The Bertz CT molecular complexity index is 323. The fraction of sp³-hybridized carbons (Fsp3) is 0.769. The zero-order valence-electron chi connectivity index (χ0n) is 11.0. The van der Waals surface area contributed by atoms with E-state index in [2.05, 4.69) is 43.0 Å². The lowest BCUT2D eigenvalue weighted by Crippen LogP contribution is -2.46. The molecule has 1 unspecified atom stereocenters. The number of thiazole rings is 1. The monoisotopic (exact) mass is 331 g/mol. The number of anilines is 1. The van der Waals surface area contributed by atoms with Crippen LogP contribution in [0.1, 0.15) is 19.8 Å². The van der Waals surface area contributed by atoms with Crippen molar-refractivity contribution in [3.8, 4) is 0 Å². The first-order valence-electron chi connectivity index (χ1n) is 6.72. The van der Waals surface area contributed by atoms with Crippen LogP contribution in [0.2, 0.25) is 0 Å². The largest absolute Gasteiger partial charge is 0.346 e. The summed E-state index contributed by atoms with van der Waals surface area (Å²) in [6.07, 6.45) is 4.51. The van der Waals surface area contributed by atoms with Crippen molar-refractivity contribution in [2.45, 2.75) is 19.8 Å². The third-order valence-electron chi connectivity index (χ3n) is 3.60. The van der Waals surface area contributed by atoms with E-state index >= 15 is 0 Å². The summed E-state index contributed by atoms with van der Waals surface area (Å²) in [6.45, 7) is 8.22. The minimum atomic E-state index is 0.835. The lowest BCUT2D eigenvalue weighted by molar-refractivity contribution is 0.240. The summed E-state index contributed by atoms with van der Waals surface area (Å²) >= 11 is 5.27. The van der Waals surface area contributed by atoms with Crippen molar-refractivity contribution in [3.63, 3.8) is 0 Å². The first-order valence-corrected chi connectivity index (χ1v) is 8.72. The first-order chi connectivity index (χ1) is 8.79. The molecular formula is C13H22BrN3S. The van der Waals surface area contributed by atoms with Crippen molar-refractivity contribution in [1.29, 1.82) is 0 Å². The molecule has 0 amide bonds. The van der Waals surface area contributed by atoms with Crippen LogP contribution in [0.4, 0.5) is 5.13 Å². The number of piperazine rings is 1.